The lowest BCUT2D eigenvalue weighted by atomic mass is 10.1. The summed E-state index contributed by atoms with van der Waals surface area (Å²) in [7, 11) is 0. The average molecular weight is 289 g/mol. The molecule has 0 unspecified atom stereocenters. The van der Waals surface area contributed by atoms with Crippen LogP contribution in [0.5, 0.6) is 0 Å². The summed E-state index contributed by atoms with van der Waals surface area (Å²) in [5.41, 5.74) is 3.24. The highest BCUT2D eigenvalue weighted by molar-refractivity contribution is 5.63. The van der Waals surface area contributed by atoms with Gasteiger partial charge in [-0.15, -0.1) is 5.10 Å². The van der Waals surface area contributed by atoms with Crippen LogP contribution in [0, 0.1) is 11.3 Å². The van der Waals surface area contributed by atoms with Crippen molar-refractivity contribution in [1.29, 1.82) is 5.26 Å². The Labute approximate surface area is 128 Å². The minimum atomic E-state index is 0.340. The molecule has 0 aliphatic heterocycles. The van der Waals surface area contributed by atoms with Crippen molar-refractivity contribution in [2.45, 2.75) is 19.4 Å². The molecule has 3 rings (SSSR count). The number of rotatable bonds is 5. The Morgan fingerprint density at radius 2 is 1.95 bits per heavy atom. The number of nitrogens with zero attached hydrogens (tertiary/aromatic N) is 5. The maximum absolute atomic E-state index is 9.21. The van der Waals surface area contributed by atoms with Crippen LogP contribution < -0.4 is 0 Å². The molecule has 0 atom stereocenters. The first kappa shape index (κ1) is 14.0. The van der Waals surface area contributed by atoms with E-state index in [1.165, 1.54) is 5.56 Å². The summed E-state index contributed by atoms with van der Waals surface area (Å²) < 4.78 is 1.79. The molecule has 5 nitrogen and oxygen atoms in total. The van der Waals surface area contributed by atoms with E-state index < -0.39 is 0 Å². The summed E-state index contributed by atoms with van der Waals surface area (Å²) >= 11 is 0. The Kier molecular flexibility index (Phi) is 4.21. The van der Waals surface area contributed by atoms with Crippen LogP contribution in [0.2, 0.25) is 0 Å². The fourth-order valence-corrected chi connectivity index (χ4v) is 2.41. The van der Waals surface area contributed by atoms with Crippen LogP contribution in [0.1, 0.15) is 17.7 Å². The van der Waals surface area contributed by atoms with Gasteiger partial charge < -0.3 is 0 Å². The number of pyridine rings is 1. The second kappa shape index (κ2) is 6.64. The molecule has 2 heterocycles. The number of aryl methyl sites for hydroxylation is 2. The van der Waals surface area contributed by atoms with Crippen LogP contribution in [0.4, 0.5) is 0 Å². The Bertz CT molecular complexity index is 772. The van der Waals surface area contributed by atoms with Gasteiger partial charge in [0.15, 0.2) is 5.69 Å². The molecule has 0 radical (unpaired) electrons. The fraction of sp³-hybridized carbons (Fsp3) is 0.176. The molecule has 0 aliphatic carbocycles. The van der Waals surface area contributed by atoms with E-state index in [-0.39, 0.29) is 0 Å². The highest BCUT2D eigenvalue weighted by atomic mass is 15.4. The Balaban J connectivity index is 1.77. The van der Waals surface area contributed by atoms with E-state index in [4.69, 9.17) is 0 Å². The van der Waals surface area contributed by atoms with E-state index in [9.17, 15) is 5.26 Å². The highest BCUT2D eigenvalue weighted by Gasteiger charge is 2.14. The predicted molar refractivity (Wildman–Crippen MR) is 82.7 cm³/mol. The topological polar surface area (TPSA) is 67.4 Å². The molecule has 2 aromatic heterocycles. The zero-order chi connectivity index (χ0) is 15.2. The minimum absolute atomic E-state index is 0.340. The van der Waals surface area contributed by atoms with Crippen molar-refractivity contribution in [2.75, 3.05) is 0 Å². The van der Waals surface area contributed by atoms with Crippen LogP contribution in [0.3, 0.4) is 0 Å². The second-order valence-corrected chi connectivity index (χ2v) is 4.95. The van der Waals surface area contributed by atoms with Crippen molar-refractivity contribution in [2.24, 2.45) is 0 Å². The first-order valence-corrected chi connectivity index (χ1v) is 7.16. The molecule has 0 fully saturated rings. The van der Waals surface area contributed by atoms with Gasteiger partial charge in [-0.05, 0) is 30.5 Å². The zero-order valence-corrected chi connectivity index (χ0v) is 12.1. The summed E-state index contributed by atoms with van der Waals surface area (Å²) in [6.07, 6.45) is 5.34. The van der Waals surface area contributed by atoms with E-state index in [1.807, 2.05) is 30.3 Å². The van der Waals surface area contributed by atoms with E-state index in [1.54, 1.807) is 17.1 Å². The molecular formula is C17H15N5. The quantitative estimate of drug-likeness (QED) is 0.724. The third-order valence-corrected chi connectivity index (χ3v) is 3.45. The van der Waals surface area contributed by atoms with Crippen molar-refractivity contribution in [3.8, 4) is 17.3 Å². The summed E-state index contributed by atoms with van der Waals surface area (Å²) in [5, 5.41) is 17.3. The molecule has 1 aromatic carbocycles. The van der Waals surface area contributed by atoms with Crippen LogP contribution in [0.15, 0.2) is 54.9 Å². The molecule has 5 heteroatoms. The Hall–Kier alpha value is -3.00. The van der Waals surface area contributed by atoms with Gasteiger partial charge in [-0.3, -0.25) is 4.98 Å². The molecule has 0 aliphatic rings. The molecule has 108 valence electrons. The summed E-state index contributed by atoms with van der Waals surface area (Å²) in [6, 6.07) is 16.2. The normalized spacial score (nSPS) is 10.3. The Morgan fingerprint density at radius 1 is 1.09 bits per heavy atom. The van der Waals surface area contributed by atoms with Gasteiger partial charge in [0, 0.05) is 24.5 Å². The average Bonchev–Trinajstić information content (AvgIpc) is 2.99. The van der Waals surface area contributed by atoms with Gasteiger partial charge in [0.2, 0.25) is 0 Å². The van der Waals surface area contributed by atoms with Gasteiger partial charge in [0.25, 0.3) is 0 Å². The van der Waals surface area contributed by atoms with Crippen molar-refractivity contribution in [3.63, 3.8) is 0 Å². The van der Waals surface area contributed by atoms with Gasteiger partial charge in [-0.1, -0.05) is 35.5 Å². The number of hydrogen-bond acceptors (Lipinski definition) is 4. The van der Waals surface area contributed by atoms with Crippen LogP contribution in [-0.2, 0) is 13.0 Å². The maximum Gasteiger partial charge on any atom is 0.190 e. The van der Waals surface area contributed by atoms with Gasteiger partial charge in [-0.25, -0.2) is 4.68 Å². The molecule has 0 saturated heterocycles. The van der Waals surface area contributed by atoms with Crippen LogP contribution in [0.25, 0.3) is 11.3 Å². The lowest BCUT2D eigenvalue weighted by molar-refractivity contribution is 0.563. The van der Waals surface area contributed by atoms with Crippen LogP contribution in [-0.4, -0.2) is 20.0 Å². The lowest BCUT2D eigenvalue weighted by Gasteiger charge is -2.06. The number of hydrogen-bond donors (Lipinski definition) is 0. The molecule has 0 N–H and O–H groups in total. The predicted octanol–water partition coefficient (Wildman–Crippen LogP) is 2.84. The number of aromatic nitrogens is 4. The third-order valence-electron chi connectivity index (χ3n) is 3.45. The number of nitriles is 1. The van der Waals surface area contributed by atoms with E-state index >= 15 is 0 Å². The summed E-state index contributed by atoms with van der Waals surface area (Å²) in [4.78, 5) is 4.11. The lowest BCUT2D eigenvalue weighted by Crippen LogP contribution is -2.04. The monoisotopic (exact) mass is 289 g/mol. The van der Waals surface area contributed by atoms with Crippen molar-refractivity contribution < 1.29 is 0 Å². The van der Waals surface area contributed by atoms with Gasteiger partial charge >= 0.3 is 0 Å². The first-order chi connectivity index (χ1) is 10.9. The molecule has 3 aromatic rings. The van der Waals surface area contributed by atoms with Crippen molar-refractivity contribution in [3.05, 3.63) is 66.1 Å². The number of benzene rings is 1. The zero-order valence-electron chi connectivity index (χ0n) is 12.1. The molecule has 0 bridgehead atoms. The van der Waals surface area contributed by atoms with E-state index in [0.29, 0.717) is 12.2 Å². The maximum atomic E-state index is 9.21. The molecule has 0 saturated carbocycles. The molecule has 0 spiro atoms. The van der Waals surface area contributed by atoms with E-state index in [0.717, 1.165) is 24.1 Å². The van der Waals surface area contributed by atoms with Crippen LogP contribution >= 0.6 is 0 Å². The summed E-state index contributed by atoms with van der Waals surface area (Å²) in [6.45, 7) is 0.716. The molecule has 0 amide bonds. The smallest absolute Gasteiger partial charge is 0.190 e. The fourth-order valence-electron chi connectivity index (χ4n) is 2.41. The third kappa shape index (κ3) is 3.01. The standard InChI is InChI=1S/C17H15N5/c18-12-16-17(15-9-4-10-19-13-15)22(21-20-16)11-5-8-14-6-2-1-3-7-14/h1-4,6-7,9-10,13H,5,8,11H2. The first-order valence-electron chi connectivity index (χ1n) is 7.16. The molecule has 22 heavy (non-hydrogen) atoms. The van der Waals surface area contributed by atoms with Crippen molar-refractivity contribution in [1.82, 2.24) is 20.0 Å². The Morgan fingerprint density at radius 3 is 2.68 bits per heavy atom. The highest BCUT2D eigenvalue weighted by Crippen LogP contribution is 2.21. The van der Waals surface area contributed by atoms with Gasteiger partial charge in [0.05, 0.1) is 0 Å². The second-order valence-electron chi connectivity index (χ2n) is 4.95. The van der Waals surface area contributed by atoms with E-state index in [2.05, 4.69) is 33.5 Å². The SMILES string of the molecule is N#Cc1nnn(CCCc2ccccc2)c1-c1cccnc1. The largest absolute Gasteiger partial charge is 0.264 e. The molecular weight excluding hydrogens is 274 g/mol. The van der Waals surface area contributed by atoms with Crippen molar-refractivity contribution >= 4 is 0 Å². The summed E-state index contributed by atoms with van der Waals surface area (Å²) in [5.74, 6) is 0. The van der Waals surface area contributed by atoms with Gasteiger partial charge in [-0.2, -0.15) is 5.26 Å². The van der Waals surface area contributed by atoms with Gasteiger partial charge in [0.1, 0.15) is 11.8 Å². The minimum Gasteiger partial charge on any atom is -0.264 e.